The summed E-state index contributed by atoms with van der Waals surface area (Å²) in [5, 5.41) is 1.47. The van der Waals surface area contributed by atoms with E-state index < -0.39 is 0 Å². The van der Waals surface area contributed by atoms with Crippen LogP contribution in [0.4, 0.5) is 5.69 Å². The van der Waals surface area contributed by atoms with E-state index in [1.165, 1.54) is 7.11 Å². The molecule has 1 aromatic heterocycles. The third-order valence-electron chi connectivity index (χ3n) is 3.84. The average Bonchev–Trinajstić information content (AvgIpc) is 2.81. The van der Waals surface area contributed by atoms with Crippen molar-refractivity contribution in [3.05, 3.63) is 53.2 Å². The Balaban J connectivity index is 2.11. The quantitative estimate of drug-likeness (QED) is 0.570. The van der Waals surface area contributed by atoms with Crippen LogP contribution in [0.2, 0.25) is 5.02 Å². The van der Waals surface area contributed by atoms with Crippen LogP contribution in [0.3, 0.4) is 0 Å². The fourth-order valence-electron chi connectivity index (χ4n) is 2.62. The summed E-state index contributed by atoms with van der Waals surface area (Å²) >= 11 is 5.91. The number of carbonyl (C=O) groups is 1. The van der Waals surface area contributed by atoms with Gasteiger partial charge in [-0.05, 0) is 49.4 Å². The van der Waals surface area contributed by atoms with Gasteiger partial charge in [-0.1, -0.05) is 11.6 Å². The van der Waals surface area contributed by atoms with Crippen LogP contribution >= 0.6 is 11.6 Å². The van der Waals surface area contributed by atoms with Crippen molar-refractivity contribution in [3.63, 3.8) is 0 Å². The topological polar surface area (TPSA) is 66.5 Å². The largest absolute Gasteiger partial charge is 0.468 e. The molecule has 6 heteroatoms. The number of anilines is 1. The Hall–Kier alpha value is -2.66. The third kappa shape index (κ3) is 3.03. The van der Waals surface area contributed by atoms with E-state index in [1.807, 2.05) is 23.6 Å². The van der Waals surface area contributed by atoms with Crippen molar-refractivity contribution >= 4 is 34.2 Å². The molecule has 3 aromatic rings. The maximum absolute atomic E-state index is 11.7. The van der Waals surface area contributed by atoms with Crippen LogP contribution in [0.25, 0.3) is 10.9 Å². The maximum Gasteiger partial charge on any atom is 0.325 e. The number of nitrogens with two attached hydrogens (primary N) is 1. The van der Waals surface area contributed by atoms with Crippen LogP contribution in [-0.4, -0.2) is 17.6 Å². The first-order valence-corrected chi connectivity index (χ1v) is 7.76. The number of nitrogens with zero attached hydrogens (tertiary/aromatic N) is 1. The lowest BCUT2D eigenvalue weighted by Crippen LogP contribution is -2.12. The first-order chi connectivity index (χ1) is 11.5. The van der Waals surface area contributed by atoms with Crippen molar-refractivity contribution in [3.8, 4) is 11.5 Å². The number of esters is 1. The van der Waals surface area contributed by atoms with Gasteiger partial charge in [-0.15, -0.1) is 0 Å². The van der Waals surface area contributed by atoms with Crippen molar-refractivity contribution in [1.29, 1.82) is 0 Å². The molecule has 0 unspecified atom stereocenters. The number of ether oxygens (including phenoxy) is 2. The molecule has 2 N–H and O–H groups in total. The van der Waals surface area contributed by atoms with E-state index in [2.05, 4.69) is 0 Å². The van der Waals surface area contributed by atoms with Gasteiger partial charge in [0.15, 0.2) is 5.75 Å². The highest BCUT2D eigenvalue weighted by atomic mass is 35.5. The molecule has 5 nitrogen and oxygen atoms in total. The molecular formula is C18H17ClN2O3. The molecule has 0 atom stereocenters. The number of hydrogen-bond acceptors (Lipinski definition) is 4. The summed E-state index contributed by atoms with van der Waals surface area (Å²) in [4.78, 5) is 11.7. The van der Waals surface area contributed by atoms with Crippen molar-refractivity contribution in [2.45, 2.75) is 13.5 Å². The van der Waals surface area contributed by atoms with Crippen molar-refractivity contribution in [2.24, 2.45) is 0 Å². The summed E-state index contributed by atoms with van der Waals surface area (Å²) in [5.74, 6) is 0.982. The Morgan fingerprint density at radius 2 is 1.92 bits per heavy atom. The van der Waals surface area contributed by atoms with Gasteiger partial charge in [0.2, 0.25) is 0 Å². The fourth-order valence-corrected chi connectivity index (χ4v) is 2.74. The number of rotatable bonds is 4. The Morgan fingerprint density at radius 1 is 1.21 bits per heavy atom. The predicted octanol–water partition coefficient (Wildman–Crippen LogP) is 4.15. The van der Waals surface area contributed by atoms with Gasteiger partial charge in [0, 0.05) is 16.1 Å². The molecule has 0 aliphatic heterocycles. The lowest BCUT2D eigenvalue weighted by atomic mass is 10.2. The molecule has 0 bridgehead atoms. The van der Waals surface area contributed by atoms with Crippen LogP contribution in [0, 0.1) is 6.92 Å². The maximum atomic E-state index is 11.7. The summed E-state index contributed by atoms with van der Waals surface area (Å²) in [6.07, 6.45) is 0. The van der Waals surface area contributed by atoms with Crippen LogP contribution in [0.15, 0.2) is 42.5 Å². The highest BCUT2D eigenvalue weighted by Crippen LogP contribution is 2.37. The van der Waals surface area contributed by atoms with Gasteiger partial charge in [0.05, 0.1) is 18.3 Å². The van der Waals surface area contributed by atoms with Crippen LogP contribution < -0.4 is 10.5 Å². The highest BCUT2D eigenvalue weighted by molar-refractivity contribution is 6.30. The van der Waals surface area contributed by atoms with Gasteiger partial charge in [-0.2, -0.15) is 0 Å². The molecule has 2 aromatic carbocycles. The number of carbonyl (C=O) groups excluding carboxylic acids is 1. The Morgan fingerprint density at radius 3 is 2.58 bits per heavy atom. The van der Waals surface area contributed by atoms with E-state index in [4.69, 9.17) is 26.8 Å². The number of methoxy groups -OCH3 is 1. The van der Waals surface area contributed by atoms with E-state index >= 15 is 0 Å². The summed E-state index contributed by atoms with van der Waals surface area (Å²) in [6, 6.07) is 12.6. The van der Waals surface area contributed by atoms with Crippen molar-refractivity contribution < 1.29 is 14.3 Å². The predicted molar refractivity (Wildman–Crippen MR) is 94.6 cm³/mol. The van der Waals surface area contributed by atoms with Gasteiger partial charge >= 0.3 is 5.97 Å². The minimum absolute atomic E-state index is 0.104. The number of benzene rings is 2. The second kappa shape index (κ2) is 6.45. The van der Waals surface area contributed by atoms with Gasteiger partial charge in [0.1, 0.15) is 12.3 Å². The van der Waals surface area contributed by atoms with Crippen LogP contribution in [0.5, 0.6) is 11.5 Å². The van der Waals surface area contributed by atoms with Gasteiger partial charge in [-0.3, -0.25) is 4.79 Å². The number of fused-ring (bicyclic) bond motifs is 1. The van der Waals surface area contributed by atoms with Crippen molar-refractivity contribution in [1.82, 2.24) is 4.57 Å². The van der Waals surface area contributed by atoms with E-state index in [9.17, 15) is 4.79 Å². The van der Waals surface area contributed by atoms with Crippen LogP contribution in [0.1, 0.15) is 5.69 Å². The lowest BCUT2D eigenvalue weighted by molar-refractivity contribution is -0.141. The smallest absolute Gasteiger partial charge is 0.325 e. The van der Waals surface area contributed by atoms with E-state index in [0.717, 1.165) is 16.6 Å². The molecular weight excluding hydrogens is 328 g/mol. The van der Waals surface area contributed by atoms with Gasteiger partial charge in [-0.25, -0.2) is 0 Å². The Labute approximate surface area is 144 Å². The SMILES string of the molecule is COC(=O)Cn1c(C)c(Oc2ccc(Cl)cc2)c2cc(N)ccc21. The fraction of sp³-hybridized carbons (Fsp3) is 0.167. The monoisotopic (exact) mass is 344 g/mol. The van der Waals surface area contributed by atoms with Gasteiger partial charge in [0.25, 0.3) is 0 Å². The standard InChI is InChI=1S/C18H17ClN2O3/c1-11-18(24-14-6-3-12(19)4-7-14)15-9-13(20)5-8-16(15)21(11)10-17(22)23-2/h3-9H,10,20H2,1-2H3. The number of halogens is 1. The Bertz CT molecular complexity index is 901. The molecule has 0 aliphatic carbocycles. The zero-order chi connectivity index (χ0) is 17.3. The minimum atomic E-state index is -0.329. The third-order valence-corrected chi connectivity index (χ3v) is 4.09. The average molecular weight is 345 g/mol. The first kappa shape index (κ1) is 16.2. The van der Waals surface area contributed by atoms with E-state index in [1.54, 1.807) is 30.3 Å². The summed E-state index contributed by atoms with van der Waals surface area (Å²) in [7, 11) is 1.37. The summed E-state index contributed by atoms with van der Waals surface area (Å²) in [5.41, 5.74) is 8.22. The second-order valence-corrected chi connectivity index (χ2v) is 5.85. The molecule has 0 spiro atoms. The summed E-state index contributed by atoms with van der Waals surface area (Å²) < 4.78 is 12.7. The molecule has 24 heavy (non-hydrogen) atoms. The molecule has 1 heterocycles. The highest BCUT2D eigenvalue weighted by Gasteiger charge is 2.18. The minimum Gasteiger partial charge on any atom is -0.468 e. The van der Waals surface area contributed by atoms with Crippen molar-refractivity contribution in [2.75, 3.05) is 12.8 Å². The normalized spacial score (nSPS) is 10.8. The summed E-state index contributed by atoms with van der Waals surface area (Å²) in [6.45, 7) is 2.00. The molecule has 3 rings (SSSR count). The number of hydrogen-bond donors (Lipinski definition) is 1. The Kier molecular flexibility index (Phi) is 4.36. The molecule has 124 valence electrons. The first-order valence-electron chi connectivity index (χ1n) is 7.38. The van der Waals surface area contributed by atoms with E-state index in [-0.39, 0.29) is 12.5 Å². The zero-order valence-electron chi connectivity index (χ0n) is 13.4. The second-order valence-electron chi connectivity index (χ2n) is 5.41. The molecule has 0 saturated carbocycles. The molecule has 0 aliphatic rings. The van der Waals surface area contributed by atoms with Crippen LogP contribution in [-0.2, 0) is 16.1 Å². The molecule has 0 amide bonds. The molecule has 0 radical (unpaired) electrons. The zero-order valence-corrected chi connectivity index (χ0v) is 14.1. The van der Waals surface area contributed by atoms with Gasteiger partial charge < -0.3 is 19.8 Å². The number of nitrogen functional groups attached to an aromatic ring is 1. The number of aromatic nitrogens is 1. The molecule has 0 saturated heterocycles. The lowest BCUT2D eigenvalue weighted by Gasteiger charge is -2.08. The van der Waals surface area contributed by atoms with E-state index in [0.29, 0.717) is 22.2 Å². The molecule has 0 fully saturated rings.